The summed E-state index contributed by atoms with van der Waals surface area (Å²) in [6.45, 7) is 8.39. The molecule has 0 saturated heterocycles. The molecule has 4 nitrogen and oxygen atoms in total. The fourth-order valence-corrected chi connectivity index (χ4v) is 3.16. The number of nitrogens with two attached hydrogens (primary N) is 1. The maximum absolute atomic E-state index is 12.1. The highest BCUT2D eigenvalue weighted by Crippen LogP contribution is 2.42. The van der Waals surface area contributed by atoms with Crippen molar-refractivity contribution in [3.63, 3.8) is 0 Å². The van der Waals surface area contributed by atoms with Crippen molar-refractivity contribution in [3.05, 3.63) is 23.2 Å². The molecule has 118 valence electrons. The minimum atomic E-state index is 0.0731. The van der Waals surface area contributed by atoms with Crippen LogP contribution in [0, 0.1) is 12.3 Å². The van der Waals surface area contributed by atoms with E-state index in [0.29, 0.717) is 6.42 Å². The van der Waals surface area contributed by atoms with Crippen LogP contribution < -0.4 is 11.1 Å². The van der Waals surface area contributed by atoms with Crippen LogP contribution in [0.1, 0.15) is 69.6 Å². The van der Waals surface area contributed by atoms with Crippen LogP contribution in [0.3, 0.4) is 0 Å². The standard InChI is InChI=1S/C17H28N2O2/c1-11(18)6-5-7-16(20)19-14-9-17(3,4)10-15-13(14)8-12(2)21-15/h8,11,14H,5-7,9-10,18H2,1-4H3,(H,19,20). The molecule has 0 spiro atoms. The number of hydrogen-bond donors (Lipinski definition) is 2. The first-order valence-electron chi connectivity index (χ1n) is 7.91. The Morgan fingerprint density at radius 1 is 1.57 bits per heavy atom. The molecule has 1 aromatic rings. The Morgan fingerprint density at radius 2 is 2.29 bits per heavy atom. The summed E-state index contributed by atoms with van der Waals surface area (Å²) >= 11 is 0. The van der Waals surface area contributed by atoms with Gasteiger partial charge in [-0.05, 0) is 44.6 Å². The molecule has 1 heterocycles. The van der Waals surface area contributed by atoms with Crippen LogP contribution in [-0.4, -0.2) is 11.9 Å². The zero-order chi connectivity index (χ0) is 15.6. The van der Waals surface area contributed by atoms with Crippen LogP contribution in [0.15, 0.2) is 10.5 Å². The Hall–Kier alpha value is -1.29. The van der Waals surface area contributed by atoms with E-state index in [4.69, 9.17) is 10.2 Å². The lowest BCUT2D eigenvalue weighted by atomic mass is 9.74. The van der Waals surface area contributed by atoms with Crippen molar-refractivity contribution in [2.75, 3.05) is 0 Å². The quantitative estimate of drug-likeness (QED) is 0.875. The van der Waals surface area contributed by atoms with Gasteiger partial charge in [-0.25, -0.2) is 0 Å². The van der Waals surface area contributed by atoms with Crippen molar-refractivity contribution in [2.24, 2.45) is 11.1 Å². The molecular formula is C17H28N2O2. The highest BCUT2D eigenvalue weighted by Gasteiger charge is 2.35. The summed E-state index contributed by atoms with van der Waals surface area (Å²) < 4.78 is 5.80. The summed E-state index contributed by atoms with van der Waals surface area (Å²) in [6, 6.07) is 2.30. The molecule has 0 fully saturated rings. The first-order valence-corrected chi connectivity index (χ1v) is 7.91. The Morgan fingerprint density at radius 3 is 2.95 bits per heavy atom. The Labute approximate surface area is 127 Å². The number of hydrogen-bond acceptors (Lipinski definition) is 3. The molecule has 0 aromatic carbocycles. The second-order valence-electron chi connectivity index (χ2n) is 7.27. The smallest absolute Gasteiger partial charge is 0.220 e. The van der Waals surface area contributed by atoms with Gasteiger partial charge in [-0.2, -0.15) is 0 Å². The van der Waals surface area contributed by atoms with Gasteiger partial charge in [0, 0.05) is 24.4 Å². The third-order valence-corrected chi connectivity index (χ3v) is 4.13. The molecule has 1 amide bonds. The first kappa shape index (κ1) is 16.1. The largest absolute Gasteiger partial charge is 0.466 e. The van der Waals surface area contributed by atoms with Gasteiger partial charge < -0.3 is 15.5 Å². The molecule has 0 bridgehead atoms. The van der Waals surface area contributed by atoms with E-state index in [0.717, 1.165) is 42.8 Å². The average Bonchev–Trinajstić information content (AvgIpc) is 2.67. The fraction of sp³-hybridized carbons (Fsp3) is 0.706. The Balaban J connectivity index is 2.00. The van der Waals surface area contributed by atoms with Crippen molar-refractivity contribution in [3.8, 4) is 0 Å². The lowest BCUT2D eigenvalue weighted by molar-refractivity contribution is -0.122. The second kappa shape index (κ2) is 6.22. The average molecular weight is 292 g/mol. The van der Waals surface area contributed by atoms with Gasteiger partial charge in [-0.15, -0.1) is 0 Å². The number of carbonyl (C=O) groups excluding carboxylic acids is 1. The van der Waals surface area contributed by atoms with Gasteiger partial charge in [0.15, 0.2) is 0 Å². The summed E-state index contributed by atoms with van der Waals surface area (Å²) in [5, 5.41) is 3.18. The highest BCUT2D eigenvalue weighted by atomic mass is 16.3. The van der Waals surface area contributed by atoms with Crippen molar-refractivity contribution in [1.82, 2.24) is 5.32 Å². The van der Waals surface area contributed by atoms with E-state index in [1.165, 1.54) is 0 Å². The van der Waals surface area contributed by atoms with Crippen LogP contribution in [0.4, 0.5) is 0 Å². The summed E-state index contributed by atoms with van der Waals surface area (Å²) in [7, 11) is 0. The zero-order valence-corrected chi connectivity index (χ0v) is 13.7. The van der Waals surface area contributed by atoms with E-state index < -0.39 is 0 Å². The van der Waals surface area contributed by atoms with Crippen molar-refractivity contribution >= 4 is 5.91 Å². The molecule has 2 atom stereocenters. The van der Waals surface area contributed by atoms with Crippen LogP contribution >= 0.6 is 0 Å². The van der Waals surface area contributed by atoms with Gasteiger partial charge in [0.05, 0.1) is 6.04 Å². The van der Waals surface area contributed by atoms with Crippen LogP contribution in [0.2, 0.25) is 0 Å². The summed E-state index contributed by atoms with van der Waals surface area (Å²) in [4.78, 5) is 12.1. The maximum atomic E-state index is 12.1. The van der Waals surface area contributed by atoms with Gasteiger partial charge >= 0.3 is 0 Å². The summed E-state index contributed by atoms with van der Waals surface area (Å²) in [6.07, 6.45) is 4.17. The Kier molecular flexibility index (Phi) is 4.77. The van der Waals surface area contributed by atoms with Crippen LogP contribution in [-0.2, 0) is 11.2 Å². The number of aryl methyl sites for hydroxylation is 1. The van der Waals surface area contributed by atoms with Gasteiger partial charge in [-0.3, -0.25) is 4.79 Å². The van der Waals surface area contributed by atoms with E-state index in [2.05, 4.69) is 25.2 Å². The van der Waals surface area contributed by atoms with E-state index >= 15 is 0 Å². The summed E-state index contributed by atoms with van der Waals surface area (Å²) in [5.74, 6) is 2.07. The minimum absolute atomic E-state index is 0.0731. The third-order valence-electron chi connectivity index (χ3n) is 4.13. The number of nitrogens with one attached hydrogen (secondary N) is 1. The molecule has 0 aliphatic heterocycles. The molecule has 0 saturated carbocycles. The molecule has 1 aromatic heterocycles. The van der Waals surface area contributed by atoms with Gasteiger partial charge in [0.1, 0.15) is 11.5 Å². The van der Waals surface area contributed by atoms with Crippen molar-refractivity contribution in [2.45, 2.75) is 71.9 Å². The number of amides is 1. The molecule has 2 unspecified atom stereocenters. The molecule has 1 aliphatic carbocycles. The Bertz CT molecular complexity index is 503. The molecular weight excluding hydrogens is 264 g/mol. The molecule has 21 heavy (non-hydrogen) atoms. The topological polar surface area (TPSA) is 68.3 Å². The molecule has 3 N–H and O–H groups in total. The first-order chi connectivity index (χ1) is 9.77. The third kappa shape index (κ3) is 4.34. The predicted molar refractivity (Wildman–Crippen MR) is 83.9 cm³/mol. The van der Waals surface area contributed by atoms with E-state index in [1.807, 2.05) is 13.8 Å². The van der Waals surface area contributed by atoms with E-state index in [-0.39, 0.29) is 23.4 Å². The number of rotatable bonds is 5. The molecule has 4 heteroatoms. The number of fused-ring (bicyclic) bond motifs is 1. The molecule has 2 rings (SSSR count). The molecule has 1 aliphatic rings. The normalized spacial score (nSPS) is 21.7. The van der Waals surface area contributed by atoms with Crippen LogP contribution in [0.25, 0.3) is 0 Å². The maximum Gasteiger partial charge on any atom is 0.220 e. The fourth-order valence-electron chi connectivity index (χ4n) is 3.16. The minimum Gasteiger partial charge on any atom is -0.466 e. The number of carbonyl (C=O) groups is 1. The molecule has 0 radical (unpaired) electrons. The van der Waals surface area contributed by atoms with Gasteiger partial charge in [-0.1, -0.05) is 13.8 Å². The second-order valence-corrected chi connectivity index (χ2v) is 7.27. The van der Waals surface area contributed by atoms with E-state index in [9.17, 15) is 4.79 Å². The lowest BCUT2D eigenvalue weighted by Gasteiger charge is -2.34. The lowest BCUT2D eigenvalue weighted by Crippen LogP contribution is -2.36. The van der Waals surface area contributed by atoms with E-state index in [1.54, 1.807) is 0 Å². The van der Waals surface area contributed by atoms with Gasteiger partial charge in [0.2, 0.25) is 5.91 Å². The highest BCUT2D eigenvalue weighted by molar-refractivity contribution is 5.76. The monoisotopic (exact) mass is 292 g/mol. The van der Waals surface area contributed by atoms with Crippen molar-refractivity contribution < 1.29 is 9.21 Å². The SMILES string of the molecule is Cc1cc2c(o1)CC(C)(C)CC2NC(=O)CCCC(C)N. The van der Waals surface area contributed by atoms with Gasteiger partial charge in [0.25, 0.3) is 0 Å². The number of furan rings is 1. The van der Waals surface area contributed by atoms with Crippen molar-refractivity contribution in [1.29, 1.82) is 0 Å². The van der Waals surface area contributed by atoms with Crippen LogP contribution in [0.5, 0.6) is 0 Å². The zero-order valence-electron chi connectivity index (χ0n) is 13.7. The predicted octanol–water partition coefficient (Wildman–Crippen LogP) is 3.24. The summed E-state index contributed by atoms with van der Waals surface area (Å²) in [5.41, 5.74) is 7.03.